The number of ketones is 1. The smallest absolute Gasteiger partial charge is 0.316 e. The second-order valence-corrected chi connectivity index (χ2v) is 14.3. The van der Waals surface area contributed by atoms with Gasteiger partial charge >= 0.3 is 5.97 Å². The lowest BCUT2D eigenvalue weighted by molar-refractivity contribution is -0.205. The molecule has 0 saturated heterocycles. The minimum atomic E-state index is -0.833. The molecule has 0 aromatic heterocycles. The van der Waals surface area contributed by atoms with Crippen molar-refractivity contribution in [3.05, 3.63) is 12.7 Å². The molecule has 2 bridgehead atoms. The van der Waals surface area contributed by atoms with Gasteiger partial charge in [-0.25, -0.2) is 0 Å². The second-order valence-electron chi connectivity index (χ2n) is 13.1. The van der Waals surface area contributed by atoms with Crippen molar-refractivity contribution in [3.8, 4) is 0 Å². The molecular weight excluding hydrogens is 518 g/mol. The van der Waals surface area contributed by atoms with E-state index >= 15 is 0 Å². The van der Waals surface area contributed by atoms with E-state index in [4.69, 9.17) is 20.4 Å². The number of carbonyl (C=O) groups excluding carboxylic acids is 2. The number of rotatable bonds is 5. The minimum Gasteiger partial charge on any atom is -0.481 e. The number of hydrogen-bond donors (Lipinski definition) is 4. The molecule has 0 spiro atoms. The molecule has 9 heteroatoms. The molecule has 0 aromatic carbocycles. The third-order valence-electron chi connectivity index (χ3n) is 10.8. The maximum absolute atomic E-state index is 13.5. The zero-order valence-corrected chi connectivity index (χ0v) is 25.0. The Morgan fingerprint density at radius 1 is 1.18 bits per heavy atom. The molecule has 0 aliphatic heterocycles. The van der Waals surface area contributed by atoms with Crippen LogP contribution in [0.5, 0.6) is 0 Å². The summed E-state index contributed by atoms with van der Waals surface area (Å²) in [6.45, 7) is 13.6. The fourth-order valence-electron chi connectivity index (χ4n) is 8.21. The SMILES string of the molecule is C=C[C@]1(C)CC(OC(=O)CSC2CCC(N)CC2O)[C@]2(C)C(C)CC[C@]3(CCC(=O)[C@@H]23)[C@@H](C)C1O.CC(=O)O. The molecule has 222 valence electrons. The standard InChI is InChI=1S/C28H45NO5S.C2H4O2/c1-6-26(4)14-22(34-23(32)15-35-21-8-7-18(29)13-20(21)31)27(5)16(2)9-11-28(17(3)25(26)33)12-10-19(30)24(27)28;1-2(3)4/h6,16-18,20-22,24-25,31,33H,1,7-15,29H2,2-5H3;1H3,(H,3,4)/t16?,17-,18?,20?,21?,22?,24-,25?,26+,27-,28-;/m0./s1. The topological polar surface area (TPSA) is 147 Å². The van der Waals surface area contributed by atoms with Gasteiger partial charge in [-0.15, -0.1) is 18.3 Å². The highest BCUT2D eigenvalue weighted by Crippen LogP contribution is 2.68. The molecule has 39 heavy (non-hydrogen) atoms. The second kappa shape index (κ2) is 12.2. The van der Waals surface area contributed by atoms with Crippen LogP contribution in [0.2, 0.25) is 0 Å². The average molecular weight is 568 g/mol. The van der Waals surface area contributed by atoms with Gasteiger partial charge in [0.1, 0.15) is 11.9 Å². The van der Waals surface area contributed by atoms with Crippen molar-refractivity contribution in [3.63, 3.8) is 0 Å². The Morgan fingerprint density at radius 3 is 2.41 bits per heavy atom. The molecule has 5 N–H and O–H groups in total. The van der Waals surface area contributed by atoms with Crippen LogP contribution in [0.4, 0.5) is 0 Å². The van der Waals surface area contributed by atoms with E-state index in [-0.39, 0.29) is 52.0 Å². The minimum absolute atomic E-state index is 0.0194. The van der Waals surface area contributed by atoms with Crippen LogP contribution in [-0.2, 0) is 19.1 Å². The predicted molar refractivity (Wildman–Crippen MR) is 152 cm³/mol. The number of carboxylic acid groups (broad SMARTS) is 1. The maximum Gasteiger partial charge on any atom is 0.316 e. The Balaban J connectivity index is 0.000000983. The fourth-order valence-corrected chi connectivity index (χ4v) is 9.27. The lowest BCUT2D eigenvalue weighted by Gasteiger charge is -2.61. The van der Waals surface area contributed by atoms with Gasteiger partial charge in [-0.05, 0) is 62.2 Å². The van der Waals surface area contributed by atoms with E-state index in [2.05, 4.69) is 27.4 Å². The van der Waals surface area contributed by atoms with Crippen LogP contribution in [0, 0.1) is 34.0 Å². The Hall–Kier alpha value is -1.42. The number of nitrogens with two attached hydrogens (primary N) is 1. The number of hydrogen-bond acceptors (Lipinski definition) is 8. The molecular formula is C30H49NO7S. The van der Waals surface area contributed by atoms with Crippen LogP contribution in [-0.4, -0.2) is 68.4 Å². The van der Waals surface area contributed by atoms with Crippen LogP contribution in [0.3, 0.4) is 0 Å². The number of aliphatic carboxylic acids is 1. The monoisotopic (exact) mass is 567 g/mol. The Morgan fingerprint density at radius 2 is 1.82 bits per heavy atom. The molecule has 4 fully saturated rings. The molecule has 4 saturated carbocycles. The molecule has 8 nitrogen and oxygen atoms in total. The van der Waals surface area contributed by atoms with Gasteiger partial charge in [0.15, 0.2) is 0 Å². The molecule has 0 aromatic rings. The highest BCUT2D eigenvalue weighted by atomic mass is 32.2. The fraction of sp³-hybridized carbons (Fsp3) is 0.833. The molecule has 4 aliphatic carbocycles. The zero-order valence-electron chi connectivity index (χ0n) is 24.2. The van der Waals surface area contributed by atoms with Crippen molar-refractivity contribution in [2.45, 2.75) is 116 Å². The van der Waals surface area contributed by atoms with Gasteiger partial charge in [0.2, 0.25) is 0 Å². The summed E-state index contributed by atoms with van der Waals surface area (Å²) in [7, 11) is 0. The number of ether oxygens (including phenoxy) is 1. The van der Waals surface area contributed by atoms with E-state index in [1.165, 1.54) is 11.8 Å². The molecule has 4 aliphatic rings. The molecule has 11 atom stereocenters. The molecule has 0 amide bonds. The molecule has 0 radical (unpaired) electrons. The van der Waals surface area contributed by atoms with Crippen LogP contribution in [0.25, 0.3) is 0 Å². The lowest BCUT2D eigenvalue weighted by Crippen LogP contribution is -2.63. The molecule has 6 unspecified atom stereocenters. The quantitative estimate of drug-likeness (QED) is 0.286. The van der Waals surface area contributed by atoms with Gasteiger partial charge in [0.25, 0.3) is 5.97 Å². The number of esters is 1. The number of aliphatic hydroxyl groups excluding tert-OH is 2. The van der Waals surface area contributed by atoms with Crippen molar-refractivity contribution >= 4 is 29.5 Å². The number of carbonyl (C=O) groups is 3. The van der Waals surface area contributed by atoms with Gasteiger partial charge in [-0.2, -0.15) is 0 Å². The number of Topliss-reactive ketones (excluding diaryl/α,β-unsaturated/α-hetero) is 1. The van der Waals surface area contributed by atoms with E-state index < -0.39 is 35.1 Å². The summed E-state index contributed by atoms with van der Waals surface area (Å²) in [4.78, 5) is 35.7. The Labute approximate surface area is 237 Å². The summed E-state index contributed by atoms with van der Waals surface area (Å²) in [6, 6.07) is 0.0195. The first-order valence-corrected chi connectivity index (χ1v) is 15.5. The van der Waals surface area contributed by atoms with Crippen molar-refractivity contribution in [1.82, 2.24) is 0 Å². The highest BCUT2D eigenvalue weighted by Gasteiger charge is 2.68. The van der Waals surface area contributed by atoms with Crippen molar-refractivity contribution < 1.29 is 34.4 Å². The van der Waals surface area contributed by atoms with Crippen LogP contribution >= 0.6 is 11.8 Å². The van der Waals surface area contributed by atoms with Crippen LogP contribution < -0.4 is 5.73 Å². The van der Waals surface area contributed by atoms with Crippen LogP contribution in [0.15, 0.2) is 12.7 Å². The van der Waals surface area contributed by atoms with Gasteiger partial charge in [-0.3, -0.25) is 14.4 Å². The Kier molecular flexibility index (Phi) is 10.1. The maximum atomic E-state index is 13.5. The summed E-state index contributed by atoms with van der Waals surface area (Å²) in [6.07, 6.45) is 6.01. The van der Waals surface area contributed by atoms with Crippen molar-refractivity contribution in [2.75, 3.05) is 5.75 Å². The summed E-state index contributed by atoms with van der Waals surface area (Å²) in [5, 5.41) is 29.4. The number of aliphatic hydroxyl groups is 2. The number of thioether (sulfide) groups is 1. The first-order valence-electron chi connectivity index (χ1n) is 14.4. The van der Waals surface area contributed by atoms with E-state index in [1.807, 2.05) is 13.0 Å². The van der Waals surface area contributed by atoms with E-state index in [9.17, 15) is 19.8 Å². The number of carboxylic acids is 1. The first-order chi connectivity index (χ1) is 18.1. The summed E-state index contributed by atoms with van der Waals surface area (Å²) < 4.78 is 6.29. The normalized spacial score (nSPS) is 45.6. The van der Waals surface area contributed by atoms with Gasteiger partial charge in [0.05, 0.1) is 18.0 Å². The van der Waals surface area contributed by atoms with Gasteiger partial charge in [-0.1, -0.05) is 33.8 Å². The van der Waals surface area contributed by atoms with Crippen molar-refractivity contribution in [1.29, 1.82) is 0 Å². The van der Waals surface area contributed by atoms with Crippen LogP contribution in [0.1, 0.15) is 86.0 Å². The van der Waals surface area contributed by atoms with Crippen molar-refractivity contribution in [2.24, 2.45) is 39.7 Å². The molecule has 0 heterocycles. The zero-order chi connectivity index (χ0) is 29.3. The Bertz CT molecular complexity index is 940. The molecule has 4 rings (SSSR count). The summed E-state index contributed by atoms with van der Waals surface area (Å²) in [5.41, 5.74) is 4.57. The largest absolute Gasteiger partial charge is 0.481 e. The first kappa shape index (κ1) is 32.1. The predicted octanol–water partition coefficient (Wildman–Crippen LogP) is 3.96. The summed E-state index contributed by atoms with van der Waals surface area (Å²) >= 11 is 1.45. The third-order valence-corrected chi connectivity index (χ3v) is 12.2. The average Bonchev–Trinajstić information content (AvgIpc) is 3.21. The van der Waals surface area contributed by atoms with Gasteiger partial charge < -0.3 is 25.8 Å². The van der Waals surface area contributed by atoms with Gasteiger partial charge in [0, 0.05) is 41.4 Å². The summed E-state index contributed by atoms with van der Waals surface area (Å²) in [5.74, 6) is -0.772. The van der Waals surface area contributed by atoms with E-state index in [0.717, 1.165) is 39.0 Å². The lowest BCUT2D eigenvalue weighted by atomic mass is 9.44. The third kappa shape index (κ3) is 6.11. The van der Waals surface area contributed by atoms with E-state index in [0.29, 0.717) is 19.3 Å². The highest BCUT2D eigenvalue weighted by molar-refractivity contribution is 8.00. The van der Waals surface area contributed by atoms with E-state index in [1.54, 1.807) is 0 Å².